The van der Waals surface area contributed by atoms with Gasteiger partial charge in [0.05, 0.1) is 11.3 Å². The van der Waals surface area contributed by atoms with Crippen LogP contribution in [-0.2, 0) is 4.79 Å². The van der Waals surface area contributed by atoms with Crippen LogP contribution in [0.25, 0.3) is 0 Å². The van der Waals surface area contributed by atoms with Gasteiger partial charge in [0.2, 0.25) is 5.54 Å². The molecule has 0 aliphatic rings. The van der Waals surface area contributed by atoms with Gasteiger partial charge in [-0.05, 0) is 19.1 Å². The molecule has 1 rings (SSSR count). The Bertz CT molecular complexity index is 508. The topological polar surface area (TPSA) is 73.1 Å². The van der Waals surface area contributed by atoms with Crippen molar-refractivity contribution in [2.24, 2.45) is 0 Å². The fraction of sp³-hybridized carbons (Fsp3) is 0.273. The molecule has 18 heavy (non-hydrogen) atoms. The highest BCUT2D eigenvalue weighted by Crippen LogP contribution is 2.34. The first-order valence-electron chi connectivity index (χ1n) is 4.80. The van der Waals surface area contributed by atoms with Crippen LogP contribution in [0.4, 0.5) is 18.9 Å². The molecule has 0 radical (unpaired) electrons. The number of hydrogen-bond acceptors (Lipinski definition) is 3. The van der Waals surface area contributed by atoms with E-state index in [9.17, 15) is 18.0 Å². The van der Waals surface area contributed by atoms with E-state index in [2.05, 4.69) is 0 Å². The number of carboxylic acid groups (broad SMARTS) is 1. The number of aliphatic carboxylic acids is 1. The van der Waals surface area contributed by atoms with Crippen molar-refractivity contribution in [3.8, 4) is 6.07 Å². The quantitative estimate of drug-likeness (QED) is 0.872. The number of alkyl halides is 3. The molecule has 1 aromatic carbocycles. The first kappa shape index (κ1) is 13.8. The molecule has 1 aromatic rings. The molecule has 0 saturated heterocycles. The van der Waals surface area contributed by atoms with Crippen molar-refractivity contribution in [1.29, 1.82) is 5.26 Å². The number of halogens is 3. The lowest BCUT2D eigenvalue weighted by Gasteiger charge is -2.29. The molecule has 96 valence electrons. The van der Waals surface area contributed by atoms with Crippen molar-refractivity contribution >= 4 is 11.7 Å². The van der Waals surface area contributed by atoms with Gasteiger partial charge in [0, 0.05) is 0 Å². The maximum Gasteiger partial charge on any atom is 0.422 e. The van der Waals surface area contributed by atoms with E-state index in [1.54, 1.807) is 6.07 Å². The largest absolute Gasteiger partial charge is 0.479 e. The third-order valence-electron chi connectivity index (χ3n) is 2.43. The highest BCUT2D eigenvalue weighted by Gasteiger charge is 2.57. The standard InChI is InChI=1S/C11H9F3N2O2/c1-10(9(17)18,11(12,13)14)16-8-5-3-2-4-7(8)6-15/h2-5,16H,1H3,(H,17,18). The van der Waals surface area contributed by atoms with Gasteiger partial charge in [-0.3, -0.25) is 0 Å². The third-order valence-corrected chi connectivity index (χ3v) is 2.43. The summed E-state index contributed by atoms with van der Waals surface area (Å²) in [6.07, 6.45) is -5.00. The number of nitriles is 1. The normalized spacial score (nSPS) is 14.4. The minimum absolute atomic E-state index is 0.0609. The van der Waals surface area contributed by atoms with Gasteiger partial charge >= 0.3 is 12.1 Å². The molecule has 7 heteroatoms. The van der Waals surface area contributed by atoms with Crippen LogP contribution in [0.2, 0.25) is 0 Å². The van der Waals surface area contributed by atoms with E-state index in [0.717, 1.165) is 0 Å². The summed E-state index contributed by atoms with van der Waals surface area (Å²) in [4.78, 5) is 10.8. The van der Waals surface area contributed by atoms with Crippen LogP contribution in [0.1, 0.15) is 12.5 Å². The Hall–Kier alpha value is -2.23. The highest BCUT2D eigenvalue weighted by molar-refractivity contribution is 5.84. The van der Waals surface area contributed by atoms with Crippen molar-refractivity contribution in [1.82, 2.24) is 0 Å². The zero-order valence-corrected chi connectivity index (χ0v) is 9.25. The number of nitrogens with one attached hydrogen (secondary N) is 1. The van der Waals surface area contributed by atoms with Gasteiger partial charge in [0.15, 0.2) is 0 Å². The van der Waals surface area contributed by atoms with Crippen LogP contribution in [0.3, 0.4) is 0 Å². The highest BCUT2D eigenvalue weighted by atomic mass is 19.4. The lowest BCUT2D eigenvalue weighted by molar-refractivity contribution is -0.192. The average Bonchev–Trinajstić information content (AvgIpc) is 2.27. The first-order chi connectivity index (χ1) is 8.22. The second-order valence-corrected chi connectivity index (χ2v) is 3.71. The van der Waals surface area contributed by atoms with Crippen LogP contribution in [0.15, 0.2) is 24.3 Å². The second-order valence-electron chi connectivity index (χ2n) is 3.71. The fourth-order valence-electron chi connectivity index (χ4n) is 1.20. The van der Waals surface area contributed by atoms with E-state index < -0.39 is 17.7 Å². The number of carbonyl (C=O) groups is 1. The average molecular weight is 258 g/mol. The molecule has 0 heterocycles. The molecule has 0 spiro atoms. The van der Waals surface area contributed by atoms with Crippen molar-refractivity contribution in [3.05, 3.63) is 29.8 Å². The number of carboxylic acids is 1. The van der Waals surface area contributed by atoms with E-state index in [0.29, 0.717) is 6.92 Å². The fourth-order valence-corrected chi connectivity index (χ4v) is 1.20. The number of hydrogen-bond donors (Lipinski definition) is 2. The van der Waals surface area contributed by atoms with E-state index in [4.69, 9.17) is 10.4 Å². The molecule has 2 N–H and O–H groups in total. The van der Waals surface area contributed by atoms with Gasteiger partial charge in [-0.15, -0.1) is 0 Å². The van der Waals surface area contributed by atoms with Crippen molar-refractivity contribution in [3.63, 3.8) is 0 Å². The van der Waals surface area contributed by atoms with Crippen LogP contribution in [0.5, 0.6) is 0 Å². The molecule has 0 aliphatic heterocycles. The first-order valence-corrected chi connectivity index (χ1v) is 4.80. The number of benzene rings is 1. The van der Waals surface area contributed by atoms with Crippen LogP contribution < -0.4 is 5.32 Å². The second kappa shape index (κ2) is 4.56. The lowest BCUT2D eigenvalue weighted by Crippen LogP contribution is -2.55. The predicted octanol–water partition coefficient (Wildman–Crippen LogP) is 2.38. The number of anilines is 1. The predicted molar refractivity (Wildman–Crippen MR) is 56.9 cm³/mol. The molecule has 0 amide bonds. The summed E-state index contributed by atoms with van der Waals surface area (Å²) < 4.78 is 38.3. The van der Waals surface area contributed by atoms with Crippen molar-refractivity contribution in [2.75, 3.05) is 5.32 Å². The van der Waals surface area contributed by atoms with Crippen LogP contribution >= 0.6 is 0 Å². The van der Waals surface area contributed by atoms with Gasteiger partial charge in [0.1, 0.15) is 6.07 Å². The molecule has 4 nitrogen and oxygen atoms in total. The summed E-state index contributed by atoms with van der Waals surface area (Å²) in [7, 11) is 0. The zero-order chi connectivity index (χ0) is 14.0. The van der Waals surface area contributed by atoms with E-state index >= 15 is 0 Å². The number of para-hydroxylation sites is 1. The minimum atomic E-state index is -5.00. The zero-order valence-electron chi connectivity index (χ0n) is 9.25. The molecule has 0 saturated carbocycles. The van der Waals surface area contributed by atoms with E-state index in [-0.39, 0.29) is 11.3 Å². The summed E-state index contributed by atoms with van der Waals surface area (Å²) >= 11 is 0. The Morgan fingerprint density at radius 3 is 2.39 bits per heavy atom. The van der Waals surface area contributed by atoms with Gasteiger partial charge in [-0.25, -0.2) is 4.79 Å². The molecular formula is C11H9F3N2O2. The molecule has 0 fully saturated rings. The summed E-state index contributed by atoms with van der Waals surface area (Å²) in [5.74, 6) is -2.07. The lowest BCUT2D eigenvalue weighted by atomic mass is 10.0. The summed E-state index contributed by atoms with van der Waals surface area (Å²) in [5.41, 5.74) is -3.39. The Labute approximate surface area is 101 Å². The SMILES string of the molecule is CC(Nc1ccccc1C#N)(C(=O)O)C(F)(F)F. The van der Waals surface area contributed by atoms with E-state index in [1.807, 2.05) is 5.32 Å². The Balaban J connectivity index is 3.22. The third kappa shape index (κ3) is 2.37. The maximum absolute atomic E-state index is 12.8. The monoisotopic (exact) mass is 258 g/mol. The van der Waals surface area contributed by atoms with Gasteiger partial charge in [0.25, 0.3) is 0 Å². The summed E-state index contributed by atoms with van der Waals surface area (Å²) in [6.45, 7) is 0.503. The van der Waals surface area contributed by atoms with Crippen molar-refractivity contribution in [2.45, 2.75) is 18.6 Å². The number of rotatable bonds is 3. The Morgan fingerprint density at radius 2 is 1.94 bits per heavy atom. The maximum atomic E-state index is 12.8. The van der Waals surface area contributed by atoms with Crippen LogP contribution in [-0.4, -0.2) is 22.8 Å². The summed E-state index contributed by atoms with van der Waals surface area (Å²) in [5, 5.41) is 19.3. The summed E-state index contributed by atoms with van der Waals surface area (Å²) in [6, 6.07) is 7.06. The molecule has 0 aromatic heterocycles. The molecule has 0 bridgehead atoms. The molecular weight excluding hydrogens is 249 g/mol. The molecule has 1 atom stereocenters. The molecule has 1 unspecified atom stereocenters. The van der Waals surface area contributed by atoms with Gasteiger partial charge in [-0.1, -0.05) is 12.1 Å². The number of nitrogens with zero attached hydrogens (tertiary/aromatic N) is 1. The Kier molecular flexibility index (Phi) is 3.51. The van der Waals surface area contributed by atoms with Gasteiger partial charge < -0.3 is 10.4 Å². The smallest absolute Gasteiger partial charge is 0.422 e. The molecule has 0 aliphatic carbocycles. The van der Waals surface area contributed by atoms with Gasteiger partial charge in [-0.2, -0.15) is 18.4 Å². The van der Waals surface area contributed by atoms with Crippen molar-refractivity contribution < 1.29 is 23.1 Å². The minimum Gasteiger partial charge on any atom is -0.479 e. The van der Waals surface area contributed by atoms with E-state index in [1.165, 1.54) is 24.3 Å². The Morgan fingerprint density at radius 1 is 1.39 bits per heavy atom. The van der Waals surface area contributed by atoms with Crippen LogP contribution in [0, 0.1) is 11.3 Å².